The third-order valence-corrected chi connectivity index (χ3v) is 5.01. The molecule has 0 spiro atoms. The average Bonchev–Trinajstić information content (AvgIpc) is 2.79. The van der Waals surface area contributed by atoms with Gasteiger partial charge in [-0.1, -0.05) is 24.3 Å². The van der Waals surface area contributed by atoms with Crippen LogP contribution in [-0.2, 0) is 9.59 Å². The first kappa shape index (κ1) is 21.2. The molecular formula is C24H24N4O4. The molecule has 0 saturated heterocycles. The highest BCUT2D eigenvalue weighted by molar-refractivity contribution is 5.92. The maximum Gasteiger partial charge on any atom is 0.307 e. The van der Waals surface area contributed by atoms with Gasteiger partial charge in [-0.3, -0.25) is 9.59 Å². The fourth-order valence-electron chi connectivity index (χ4n) is 3.57. The van der Waals surface area contributed by atoms with E-state index in [0.717, 1.165) is 17.2 Å². The lowest BCUT2D eigenvalue weighted by atomic mass is 10.1. The average molecular weight is 432 g/mol. The number of carboxylic acid groups (broad SMARTS) is 1. The van der Waals surface area contributed by atoms with E-state index in [2.05, 4.69) is 15.6 Å². The van der Waals surface area contributed by atoms with Crippen LogP contribution < -0.4 is 20.3 Å². The van der Waals surface area contributed by atoms with E-state index < -0.39 is 12.1 Å². The number of nitrogens with one attached hydrogen (secondary N) is 2. The molecule has 32 heavy (non-hydrogen) atoms. The maximum atomic E-state index is 12.4. The molecular weight excluding hydrogens is 408 g/mol. The number of nitrogens with zero attached hydrogens (tertiary/aromatic N) is 2. The number of fused-ring (bicyclic) bond motifs is 1. The summed E-state index contributed by atoms with van der Waals surface area (Å²) >= 11 is 0. The van der Waals surface area contributed by atoms with Crippen LogP contribution in [0.5, 0.6) is 5.75 Å². The Bertz CT molecular complexity index is 1080. The van der Waals surface area contributed by atoms with Crippen molar-refractivity contribution >= 4 is 34.8 Å². The quantitative estimate of drug-likeness (QED) is 0.496. The largest absolute Gasteiger partial charge is 0.486 e. The number of aromatic nitrogens is 1. The summed E-state index contributed by atoms with van der Waals surface area (Å²) in [5, 5.41) is 15.2. The Morgan fingerprint density at radius 2 is 1.91 bits per heavy atom. The first-order valence-electron chi connectivity index (χ1n) is 10.4. The molecule has 0 aliphatic carbocycles. The predicted octanol–water partition coefficient (Wildman–Crippen LogP) is 3.90. The Morgan fingerprint density at radius 1 is 1.09 bits per heavy atom. The number of carbonyl (C=O) groups excluding carboxylic acids is 1. The molecule has 0 bridgehead atoms. The topological polar surface area (TPSA) is 104 Å². The second kappa shape index (κ2) is 9.82. The molecule has 1 aromatic heterocycles. The van der Waals surface area contributed by atoms with Crippen LogP contribution in [0, 0.1) is 0 Å². The molecule has 0 radical (unpaired) electrons. The number of aliphatic carboxylic acids is 1. The summed E-state index contributed by atoms with van der Waals surface area (Å²) < 4.78 is 5.92. The van der Waals surface area contributed by atoms with Crippen LogP contribution in [0.15, 0.2) is 72.9 Å². The van der Waals surface area contributed by atoms with Gasteiger partial charge in [0.2, 0.25) is 5.91 Å². The van der Waals surface area contributed by atoms with Gasteiger partial charge in [0.25, 0.3) is 0 Å². The molecule has 1 amide bonds. The van der Waals surface area contributed by atoms with Gasteiger partial charge >= 0.3 is 5.97 Å². The van der Waals surface area contributed by atoms with Crippen LogP contribution >= 0.6 is 0 Å². The van der Waals surface area contributed by atoms with Crippen molar-refractivity contribution < 1.29 is 19.4 Å². The summed E-state index contributed by atoms with van der Waals surface area (Å²) in [7, 11) is 0. The van der Waals surface area contributed by atoms with Crippen molar-refractivity contribution in [2.24, 2.45) is 0 Å². The van der Waals surface area contributed by atoms with Gasteiger partial charge in [0, 0.05) is 30.5 Å². The van der Waals surface area contributed by atoms with Gasteiger partial charge in [-0.2, -0.15) is 0 Å². The Balaban J connectivity index is 1.46. The van der Waals surface area contributed by atoms with Gasteiger partial charge in [-0.05, 0) is 42.5 Å². The van der Waals surface area contributed by atoms with Gasteiger partial charge in [-0.15, -0.1) is 0 Å². The molecule has 3 N–H and O–H groups in total. The molecule has 8 nitrogen and oxygen atoms in total. The van der Waals surface area contributed by atoms with Crippen molar-refractivity contribution in [3.05, 3.63) is 72.9 Å². The molecule has 2 aromatic carbocycles. The van der Waals surface area contributed by atoms with E-state index >= 15 is 0 Å². The molecule has 0 saturated carbocycles. The molecule has 1 aliphatic heterocycles. The minimum atomic E-state index is -0.908. The number of para-hydroxylation sites is 1. The zero-order valence-electron chi connectivity index (χ0n) is 17.4. The molecule has 4 rings (SSSR count). The summed E-state index contributed by atoms with van der Waals surface area (Å²) in [5.74, 6) is 0.275. The molecule has 3 aromatic rings. The number of pyridine rings is 1. The smallest absolute Gasteiger partial charge is 0.307 e. The van der Waals surface area contributed by atoms with Crippen molar-refractivity contribution in [1.82, 2.24) is 4.98 Å². The Labute approximate surface area is 185 Å². The molecule has 8 heteroatoms. The number of ether oxygens (including phenoxy) is 1. The van der Waals surface area contributed by atoms with Crippen LogP contribution in [0.4, 0.5) is 22.9 Å². The molecule has 0 fully saturated rings. The third-order valence-electron chi connectivity index (χ3n) is 5.01. The molecule has 1 aliphatic rings. The van der Waals surface area contributed by atoms with Crippen molar-refractivity contribution in [3.63, 3.8) is 0 Å². The highest BCUT2D eigenvalue weighted by atomic mass is 16.5. The van der Waals surface area contributed by atoms with Crippen LogP contribution in [0.3, 0.4) is 0 Å². The van der Waals surface area contributed by atoms with E-state index in [0.29, 0.717) is 24.5 Å². The first-order chi connectivity index (χ1) is 15.6. The van der Waals surface area contributed by atoms with Crippen LogP contribution in [0.1, 0.15) is 12.8 Å². The van der Waals surface area contributed by atoms with Crippen LogP contribution in [-0.4, -0.2) is 41.2 Å². The zero-order valence-corrected chi connectivity index (χ0v) is 17.4. The molecule has 1 atom stereocenters. The van der Waals surface area contributed by atoms with Crippen molar-refractivity contribution in [1.29, 1.82) is 0 Å². The second-order valence-corrected chi connectivity index (χ2v) is 7.41. The van der Waals surface area contributed by atoms with Crippen molar-refractivity contribution in [3.8, 4) is 5.75 Å². The van der Waals surface area contributed by atoms with Crippen molar-refractivity contribution in [2.75, 3.05) is 28.6 Å². The molecule has 2 heterocycles. The van der Waals surface area contributed by atoms with Crippen LogP contribution in [0.25, 0.3) is 0 Å². The van der Waals surface area contributed by atoms with E-state index in [9.17, 15) is 14.7 Å². The lowest BCUT2D eigenvalue weighted by Gasteiger charge is -2.36. The van der Waals surface area contributed by atoms with Gasteiger partial charge in [0.05, 0.1) is 18.7 Å². The number of carbonyl (C=O) groups is 2. The van der Waals surface area contributed by atoms with E-state index in [1.54, 1.807) is 18.3 Å². The summed E-state index contributed by atoms with van der Waals surface area (Å²) in [6.07, 6.45) is 1.41. The SMILES string of the molecule is O=C(O)CC1CN(c2ccccc2)c2cc(NC(=O)CCNc3ccccn3)ccc2O1. The number of carboxylic acids is 1. The standard InChI is InChI=1S/C24H24N4O4/c29-23(11-13-26-22-8-4-5-12-25-22)27-17-9-10-21-20(14-17)28(18-6-2-1-3-7-18)16-19(32-21)15-24(30)31/h1-10,12,14,19H,11,13,15-16H2,(H,25,26)(H,27,29)(H,30,31). The Hall–Kier alpha value is -4.07. The zero-order chi connectivity index (χ0) is 22.3. The highest BCUT2D eigenvalue weighted by Crippen LogP contribution is 2.40. The minimum absolute atomic E-state index is 0.0927. The third kappa shape index (κ3) is 5.34. The fourth-order valence-corrected chi connectivity index (χ4v) is 3.57. The number of benzene rings is 2. The van der Waals surface area contributed by atoms with Gasteiger partial charge in [-0.25, -0.2) is 4.98 Å². The number of hydrogen-bond acceptors (Lipinski definition) is 6. The fraction of sp³-hybridized carbons (Fsp3) is 0.208. The lowest BCUT2D eigenvalue weighted by molar-refractivity contribution is -0.138. The van der Waals surface area contributed by atoms with E-state index in [1.807, 2.05) is 59.5 Å². The Morgan fingerprint density at radius 3 is 2.66 bits per heavy atom. The van der Waals surface area contributed by atoms with E-state index in [4.69, 9.17) is 4.74 Å². The minimum Gasteiger partial charge on any atom is -0.486 e. The van der Waals surface area contributed by atoms with E-state index in [-0.39, 0.29) is 18.7 Å². The highest BCUT2D eigenvalue weighted by Gasteiger charge is 2.28. The number of rotatable bonds is 8. The number of anilines is 4. The summed E-state index contributed by atoms with van der Waals surface area (Å²) in [5.41, 5.74) is 2.35. The maximum absolute atomic E-state index is 12.4. The predicted molar refractivity (Wildman–Crippen MR) is 123 cm³/mol. The van der Waals surface area contributed by atoms with Gasteiger partial charge < -0.3 is 25.4 Å². The second-order valence-electron chi connectivity index (χ2n) is 7.41. The first-order valence-corrected chi connectivity index (χ1v) is 10.4. The normalized spacial score (nSPS) is 14.8. The van der Waals surface area contributed by atoms with Gasteiger partial charge in [0.15, 0.2) is 0 Å². The lowest BCUT2D eigenvalue weighted by Crippen LogP contribution is -2.38. The van der Waals surface area contributed by atoms with Gasteiger partial charge in [0.1, 0.15) is 17.7 Å². The Kier molecular flexibility index (Phi) is 6.50. The molecule has 1 unspecified atom stereocenters. The van der Waals surface area contributed by atoms with Crippen LogP contribution in [0.2, 0.25) is 0 Å². The summed E-state index contributed by atoms with van der Waals surface area (Å²) in [4.78, 5) is 29.8. The summed E-state index contributed by atoms with van der Waals surface area (Å²) in [6.45, 7) is 0.860. The monoisotopic (exact) mass is 432 g/mol. The number of amides is 1. The number of hydrogen-bond donors (Lipinski definition) is 3. The summed E-state index contributed by atoms with van der Waals surface area (Å²) in [6, 6.07) is 20.6. The van der Waals surface area contributed by atoms with E-state index in [1.165, 1.54) is 0 Å². The molecule has 164 valence electrons. The van der Waals surface area contributed by atoms with Crippen molar-refractivity contribution in [2.45, 2.75) is 18.9 Å².